The zero-order chi connectivity index (χ0) is 13.2. The molecule has 0 atom stereocenters. The van der Waals surface area contributed by atoms with Crippen molar-refractivity contribution >= 4 is 5.97 Å². The van der Waals surface area contributed by atoms with Crippen molar-refractivity contribution in [2.45, 2.75) is 13.5 Å². The van der Waals surface area contributed by atoms with Crippen LogP contribution < -0.4 is 0 Å². The van der Waals surface area contributed by atoms with Crippen LogP contribution in [0.2, 0.25) is 0 Å². The maximum Gasteiger partial charge on any atom is 0.341 e. The van der Waals surface area contributed by atoms with Gasteiger partial charge in [-0.15, -0.1) is 0 Å². The second-order valence-corrected chi connectivity index (χ2v) is 3.35. The van der Waals surface area contributed by atoms with Gasteiger partial charge in [-0.3, -0.25) is 0 Å². The summed E-state index contributed by atoms with van der Waals surface area (Å²) >= 11 is 0. The van der Waals surface area contributed by atoms with E-state index in [2.05, 4.69) is 9.47 Å². The van der Waals surface area contributed by atoms with Gasteiger partial charge < -0.3 is 9.47 Å². The van der Waals surface area contributed by atoms with Crippen molar-refractivity contribution in [3.05, 3.63) is 34.1 Å². The van der Waals surface area contributed by atoms with Gasteiger partial charge in [0.25, 0.3) is 0 Å². The third-order valence-corrected chi connectivity index (χ3v) is 2.32. The van der Waals surface area contributed by atoms with E-state index in [9.17, 15) is 18.0 Å². The van der Waals surface area contributed by atoms with E-state index in [0.29, 0.717) is 0 Å². The van der Waals surface area contributed by atoms with E-state index in [1.165, 1.54) is 14.0 Å². The quantitative estimate of drug-likeness (QED) is 0.608. The molecule has 0 N–H and O–H groups in total. The van der Waals surface area contributed by atoms with Crippen molar-refractivity contribution in [1.82, 2.24) is 0 Å². The Kier molecular flexibility index (Phi) is 4.11. The molecular weight excluding hydrogens is 237 g/mol. The SMILES string of the molecule is COCc1c(F)c(C)c(C(=O)OC)c(F)c1F. The number of rotatable bonds is 3. The molecule has 1 aromatic rings. The molecule has 0 radical (unpaired) electrons. The van der Waals surface area contributed by atoms with Gasteiger partial charge in [0.05, 0.1) is 19.3 Å². The van der Waals surface area contributed by atoms with Crippen LogP contribution in [0.5, 0.6) is 0 Å². The summed E-state index contributed by atoms with van der Waals surface area (Å²) in [6.07, 6.45) is 0. The van der Waals surface area contributed by atoms with Crippen LogP contribution >= 0.6 is 0 Å². The molecule has 0 spiro atoms. The Balaban J connectivity index is 3.52. The zero-order valence-corrected chi connectivity index (χ0v) is 9.57. The molecule has 3 nitrogen and oxygen atoms in total. The van der Waals surface area contributed by atoms with Crippen molar-refractivity contribution in [3.63, 3.8) is 0 Å². The summed E-state index contributed by atoms with van der Waals surface area (Å²) in [5.74, 6) is -4.99. The Morgan fingerprint density at radius 2 is 1.71 bits per heavy atom. The van der Waals surface area contributed by atoms with Gasteiger partial charge in [-0.25, -0.2) is 18.0 Å². The van der Waals surface area contributed by atoms with Crippen LogP contribution in [0, 0.1) is 24.4 Å². The number of hydrogen-bond donors (Lipinski definition) is 0. The number of carbonyl (C=O) groups is 1. The number of ether oxygens (including phenoxy) is 2. The van der Waals surface area contributed by atoms with Crippen LogP contribution in [0.15, 0.2) is 0 Å². The first-order valence-electron chi connectivity index (χ1n) is 4.68. The Bertz CT molecular complexity index is 429. The van der Waals surface area contributed by atoms with Crippen molar-refractivity contribution in [2.24, 2.45) is 0 Å². The van der Waals surface area contributed by atoms with E-state index < -0.39 is 41.2 Å². The lowest BCUT2D eigenvalue weighted by Crippen LogP contribution is -2.14. The predicted molar refractivity (Wildman–Crippen MR) is 53.1 cm³/mol. The highest BCUT2D eigenvalue weighted by Gasteiger charge is 2.26. The van der Waals surface area contributed by atoms with Crippen molar-refractivity contribution < 1.29 is 27.4 Å². The molecular formula is C11H11F3O3. The largest absolute Gasteiger partial charge is 0.465 e. The lowest BCUT2D eigenvalue weighted by molar-refractivity contribution is 0.0592. The fourth-order valence-electron chi connectivity index (χ4n) is 1.46. The molecule has 0 fully saturated rings. The van der Waals surface area contributed by atoms with Crippen molar-refractivity contribution in [3.8, 4) is 0 Å². The first-order valence-corrected chi connectivity index (χ1v) is 4.68. The normalized spacial score (nSPS) is 10.5. The Labute approximate surface area is 96.1 Å². The molecule has 0 saturated carbocycles. The highest BCUT2D eigenvalue weighted by Crippen LogP contribution is 2.25. The predicted octanol–water partition coefficient (Wildman–Crippen LogP) is 2.35. The highest BCUT2D eigenvalue weighted by molar-refractivity contribution is 5.91. The van der Waals surface area contributed by atoms with E-state index >= 15 is 0 Å². The summed E-state index contributed by atoms with van der Waals surface area (Å²) in [5, 5.41) is 0. The lowest BCUT2D eigenvalue weighted by Gasteiger charge is -2.12. The lowest BCUT2D eigenvalue weighted by atomic mass is 10.0. The van der Waals surface area contributed by atoms with Crippen molar-refractivity contribution in [2.75, 3.05) is 14.2 Å². The molecule has 0 aliphatic heterocycles. The number of hydrogen-bond acceptors (Lipinski definition) is 3. The molecule has 0 aliphatic carbocycles. The third kappa shape index (κ3) is 2.26. The molecule has 0 aromatic heterocycles. The number of esters is 1. The number of benzene rings is 1. The van der Waals surface area contributed by atoms with Gasteiger partial charge in [-0.1, -0.05) is 0 Å². The summed E-state index contributed by atoms with van der Waals surface area (Å²) in [5.41, 5.74) is -1.58. The summed E-state index contributed by atoms with van der Waals surface area (Å²) in [4.78, 5) is 11.2. The second-order valence-electron chi connectivity index (χ2n) is 3.35. The summed E-state index contributed by atoms with van der Waals surface area (Å²) in [6, 6.07) is 0. The molecule has 17 heavy (non-hydrogen) atoms. The molecule has 1 rings (SSSR count). The third-order valence-electron chi connectivity index (χ3n) is 2.32. The smallest absolute Gasteiger partial charge is 0.341 e. The number of carbonyl (C=O) groups excluding carboxylic acids is 1. The maximum atomic E-state index is 13.7. The Morgan fingerprint density at radius 1 is 1.12 bits per heavy atom. The molecule has 0 amide bonds. The fraction of sp³-hybridized carbons (Fsp3) is 0.364. The minimum Gasteiger partial charge on any atom is -0.465 e. The van der Waals surface area contributed by atoms with Gasteiger partial charge in [0.1, 0.15) is 11.4 Å². The van der Waals surface area contributed by atoms with E-state index in [0.717, 1.165) is 7.11 Å². The van der Waals surface area contributed by atoms with Crippen LogP contribution in [-0.4, -0.2) is 20.2 Å². The van der Waals surface area contributed by atoms with Gasteiger partial charge >= 0.3 is 5.97 Å². The average Bonchev–Trinajstić information content (AvgIpc) is 2.32. The van der Waals surface area contributed by atoms with Crippen LogP contribution in [0.4, 0.5) is 13.2 Å². The van der Waals surface area contributed by atoms with E-state index in [-0.39, 0.29) is 5.56 Å². The fourth-order valence-corrected chi connectivity index (χ4v) is 1.46. The van der Waals surface area contributed by atoms with Gasteiger partial charge in [0.15, 0.2) is 11.6 Å². The molecule has 0 unspecified atom stereocenters. The standard InChI is InChI=1S/C11H11F3O3/c1-5-7(11(15)17-3)10(14)9(13)6(4-16-2)8(5)12/h4H2,1-3H3. The van der Waals surface area contributed by atoms with Crippen LogP contribution in [0.1, 0.15) is 21.5 Å². The summed E-state index contributed by atoms with van der Waals surface area (Å²) < 4.78 is 49.6. The zero-order valence-electron chi connectivity index (χ0n) is 9.57. The number of halogens is 3. The molecule has 94 valence electrons. The minimum atomic E-state index is -1.43. The Morgan fingerprint density at radius 3 is 2.18 bits per heavy atom. The van der Waals surface area contributed by atoms with Crippen molar-refractivity contribution in [1.29, 1.82) is 0 Å². The minimum absolute atomic E-state index is 0.303. The summed E-state index contributed by atoms with van der Waals surface area (Å²) in [6.45, 7) is 0.750. The average molecular weight is 248 g/mol. The first-order chi connectivity index (χ1) is 7.95. The molecule has 0 heterocycles. The second kappa shape index (κ2) is 5.18. The van der Waals surface area contributed by atoms with Crippen LogP contribution in [0.25, 0.3) is 0 Å². The molecule has 0 bridgehead atoms. The van der Waals surface area contributed by atoms with Gasteiger partial charge in [-0.05, 0) is 6.92 Å². The number of methoxy groups -OCH3 is 2. The first kappa shape index (κ1) is 13.5. The van der Waals surface area contributed by atoms with Crippen LogP contribution in [0.3, 0.4) is 0 Å². The van der Waals surface area contributed by atoms with E-state index in [1.54, 1.807) is 0 Å². The highest BCUT2D eigenvalue weighted by atomic mass is 19.2. The molecule has 0 aliphatic rings. The van der Waals surface area contributed by atoms with Gasteiger partial charge in [-0.2, -0.15) is 0 Å². The van der Waals surface area contributed by atoms with E-state index in [4.69, 9.17) is 0 Å². The molecule has 0 saturated heterocycles. The maximum absolute atomic E-state index is 13.7. The Hall–Kier alpha value is -1.56. The monoisotopic (exact) mass is 248 g/mol. The van der Waals surface area contributed by atoms with Crippen LogP contribution in [-0.2, 0) is 16.1 Å². The van der Waals surface area contributed by atoms with Gasteiger partial charge in [0, 0.05) is 12.7 Å². The molecule has 1 aromatic carbocycles. The van der Waals surface area contributed by atoms with E-state index in [1.807, 2.05) is 0 Å². The van der Waals surface area contributed by atoms with Gasteiger partial charge in [0.2, 0.25) is 0 Å². The molecule has 6 heteroatoms. The topological polar surface area (TPSA) is 35.5 Å². The summed E-state index contributed by atoms with van der Waals surface area (Å²) in [7, 11) is 2.22.